The van der Waals surface area contributed by atoms with Crippen LogP contribution in [0.3, 0.4) is 0 Å². The molecule has 68 valence electrons. The second-order valence-corrected chi connectivity index (χ2v) is 3.19. The molecule has 1 atom stereocenters. The molecular formula is C5H9FN4OS. The van der Waals surface area contributed by atoms with Crippen LogP contribution in [0.25, 0.3) is 0 Å². The summed E-state index contributed by atoms with van der Waals surface area (Å²) in [5.41, 5.74) is 0. The zero-order valence-corrected chi connectivity index (χ0v) is 7.33. The molecular weight excluding hydrogens is 183 g/mol. The van der Waals surface area contributed by atoms with Crippen LogP contribution in [0.2, 0.25) is 0 Å². The number of aryl methyl sites for hydroxylation is 1. The van der Waals surface area contributed by atoms with E-state index in [1.165, 1.54) is 16.4 Å². The van der Waals surface area contributed by atoms with Crippen molar-refractivity contribution in [2.24, 2.45) is 7.05 Å². The summed E-state index contributed by atoms with van der Waals surface area (Å²) in [7, 11) is 1.68. The van der Waals surface area contributed by atoms with Crippen molar-refractivity contribution in [1.82, 2.24) is 20.2 Å². The molecule has 0 bridgehead atoms. The minimum Gasteiger partial charge on any atom is -0.390 e. The molecule has 1 heterocycles. The molecule has 1 N–H and O–H groups in total. The predicted molar refractivity (Wildman–Crippen MR) is 41.5 cm³/mol. The maximum absolute atomic E-state index is 11.8. The molecule has 0 aliphatic carbocycles. The lowest BCUT2D eigenvalue weighted by Gasteiger charge is -2.02. The van der Waals surface area contributed by atoms with Crippen LogP contribution in [-0.4, -0.2) is 43.8 Å². The molecule has 0 aromatic carbocycles. The first-order valence-electron chi connectivity index (χ1n) is 3.33. The summed E-state index contributed by atoms with van der Waals surface area (Å²) in [6.07, 6.45) is -0.938. The number of halogens is 1. The lowest BCUT2D eigenvalue weighted by molar-refractivity contribution is 0.162. The number of thioether (sulfide) groups is 1. The molecule has 1 aromatic heterocycles. The van der Waals surface area contributed by atoms with Crippen molar-refractivity contribution in [2.75, 3.05) is 12.4 Å². The maximum Gasteiger partial charge on any atom is 0.209 e. The Labute approximate surface area is 73.0 Å². The van der Waals surface area contributed by atoms with E-state index in [-0.39, 0.29) is 5.75 Å². The summed E-state index contributed by atoms with van der Waals surface area (Å²) in [5, 5.41) is 20.1. The van der Waals surface area contributed by atoms with E-state index < -0.39 is 12.8 Å². The Balaban J connectivity index is 2.38. The molecule has 0 aliphatic heterocycles. The number of aromatic nitrogens is 4. The van der Waals surface area contributed by atoms with Crippen molar-refractivity contribution in [2.45, 2.75) is 11.3 Å². The van der Waals surface area contributed by atoms with E-state index in [2.05, 4.69) is 15.5 Å². The Morgan fingerprint density at radius 2 is 2.50 bits per heavy atom. The molecule has 0 fully saturated rings. The third-order valence-corrected chi connectivity index (χ3v) is 2.32. The van der Waals surface area contributed by atoms with Gasteiger partial charge in [-0.2, -0.15) is 0 Å². The molecule has 5 nitrogen and oxygen atoms in total. The number of alkyl halides is 1. The minimum absolute atomic E-state index is 0.269. The van der Waals surface area contributed by atoms with Crippen molar-refractivity contribution in [3.63, 3.8) is 0 Å². The van der Waals surface area contributed by atoms with Crippen LogP contribution in [0.5, 0.6) is 0 Å². The van der Waals surface area contributed by atoms with E-state index >= 15 is 0 Å². The Hall–Kier alpha value is -0.690. The lowest BCUT2D eigenvalue weighted by atomic mass is 10.5. The smallest absolute Gasteiger partial charge is 0.209 e. The van der Waals surface area contributed by atoms with Gasteiger partial charge in [-0.3, -0.25) is 0 Å². The fourth-order valence-electron chi connectivity index (χ4n) is 0.559. The highest BCUT2D eigenvalue weighted by atomic mass is 32.2. The molecule has 0 spiro atoms. The largest absolute Gasteiger partial charge is 0.390 e. The third kappa shape index (κ3) is 2.42. The van der Waals surface area contributed by atoms with E-state index in [0.717, 1.165) is 0 Å². The Bertz CT molecular complexity index is 243. The van der Waals surface area contributed by atoms with Gasteiger partial charge in [-0.15, -0.1) is 5.10 Å². The highest BCUT2D eigenvalue weighted by Gasteiger charge is 2.07. The molecule has 1 rings (SSSR count). The third-order valence-electron chi connectivity index (χ3n) is 1.16. The summed E-state index contributed by atoms with van der Waals surface area (Å²) in [4.78, 5) is 0. The van der Waals surface area contributed by atoms with Crippen LogP contribution in [0.1, 0.15) is 0 Å². The summed E-state index contributed by atoms with van der Waals surface area (Å²) < 4.78 is 13.3. The second kappa shape index (κ2) is 4.36. The average Bonchev–Trinajstić information content (AvgIpc) is 2.47. The summed E-state index contributed by atoms with van der Waals surface area (Å²) >= 11 is 1.22. The van der Waals surface area contributed by atoms with Crippen molar-refractivity contribution in [1.29, 1.82) is 0 Å². The number of aliphatic hydroxyl groups is 1. The number of hydrogen-bond acceptors (Lipinski definition) is 5. The number of aliphatic hydroxyl groups excluding tert-OH is 1. The fourth-order valence-corrected chi connectivity index (χ4v) is 1.31. The number of nitrogens with zero attached hydrogens (tertiary/aromatic N) is 4. The molecule has 1 unspecified atom stereocenters. The molecule has 7 heteroatoms. The average molecular weight is 192 g/mol. The van der Waals surface area contributed by atoms with Gasteiger partial charge >= 0.3 is 0 Å². The van der Waals surface area contributed by atoms with Gasteiger partial charge < -0.3 is 5.11 Å². The van der Waals surface area contributed by atoms with E-state index in [4.69, 9.17) is 5.11 Å². The zero-order valence-electron chi connectivity index (χ0n) is 6.51. The van der Waals surface area contributed by atoms with Gasteiger partial charge in [0.25, 0.3) is 0 Å². The van der Waals surface area contributed by atoms with Gasteiger partial charge in [-0.1, -0.05) is 11.8 Å². The monoisotopic (exact) mass is 192 g/mol. The number of hydrogen-bond donors (Lipinski definition) is 1. The topological polar surface area (TPSA) is 63.8 Å². The molecule has 0 aliphatic rings. The minimum atomic E-state index is -0.938. The first-order chi connectivity index (χ1) is 5.74. The number of tetrazole rings is 1. The van der Waals surface area contributed by atoms with Crippen LogP contribution in [-0.2, 0) is 7.05 Å². The van der Waals surface area contributed by atoms with Crippen molar-refractivity contribution in [3.05, 3.63) is 0 Å². The van der Waals surface area contributed by atoms with Gasteiger partial charge in [0.2, 0.25) is 5.16 Å². The molecule has 0 saturated carbocycles. The SMILES string of the molecule is Cn1nnnc1SCC(O)CF. The van der Waals surface area contributed by atoms with Crippen LogP contribution in [0.15, 0.2) is 5.16 Å². The fraction of sp³-hybridized carbons (Fsp3) is 0.800. The molecule has 0 amide bonds. The Kier molecular flexibility index (Phi) is 3.42. The standard InChI is InChI=1S/C5H9FN4OS/c1-10-5(7-8-9-10)12-3-4(11)2-6/h4,11H,2-3H2,1H3. The van der Waals surface area contributed by atoms with Crippen molar-refractivity contribution < 1.29 is 9.50 Å². The van der Waals surface area contributed by atoms with Gasteiger partial charge in [0.15, 0.2) is 0 Å². The van der Waals surface area contributed by atoms with E-state index in [0.29, 0.717) is 5.16 Å². The van der Waals surface area contributed by atoms with Gasteiger partial charge in [0.1, 0.15) is 6.67 Å². The quantitative estimate of drug-likeness (QED) is 0.659. The number of rotatable bonds is 4. The van der Waals surface area contributed by atoms with Crippen LogP contribution in [0.4, 0.5) is 4.39 Å². The molecule has 0 radical (unpaired) electrons. The van der Waals surface area contributed by atoms with Crippen molar-refractivity contribution >= 4 is 11.8 Å². The zero-order chi connectivity index (χ0) is 8.97. The van der Waals surface area contributed by atoms with Crippen LogP contribution >= 0.6 is 11.8 Å². The maximum atomic E-state index is 11.8. The molecule has 1 aromatic rings. The highest BCUT2D eigenvalue weighted by Crippen LogP contribution is 2.13. The van der Waals surface area contributed by atoms with Gasteiger partial charge in [-0.05, 0) is 10.4 Å². The van der Waals surface area contributed by atoms with Gasteiger partial charge in [0.05, 0.1) is 6.10 Å². The van der Waals surface area contributed by atoms with Gasteiger partial charge in [0, 0.05) is 12.8 Å². The van der Waals surface area contributed by atoms with Crippen LogP contribution in [0, 0.1) is 0 Å². The summed E-state index contributed by atoms with van der Waals surface area (Å²) in [6.45, 7) is -0.738. The van der Waals surface area contributed by atoms with Crippen LogP contribution < -0.4 is 0 Å². The first-order valence-corrected chi connectivity index (χ1v) is 4.31. The van der Waals surface area contributed by atoms with E-state index in [9.17, 15) is 4.39 Å². The normalized spacial score (nSPS) is 13.2. The second-order valence-electron chi connectivity index (χ2n) is 2.20. The van der Waals surface area contributed by atoms with E-state index in [1.54, 1.807) is 7.05 Å². The molecule has 0 saturated heterocycles. The lowest BCUT2D eigenvalue weighted by Crippen LogP contribution is -2.12. The first kappa shape index (κ1) is 9.40. The highest BCUT2D eigenvalue weighted by molar-refractivity contribution is 7.99. The van der Waals surface area contributed by atoms with E-state index in [1.807, 2.05) is 0 Å². The summed E-state index contributed by atoms with van der Waals surface area (Å²) in [5.74, 6) is 0.269. The predicted octanol–water partition coefficient (Wildman–Crippen LogP) is -0.367. The van der Waals surface area contributed by atoms with Crippen molar-refractivity contribution in [3.8, 4) is 0 Å². The Morgan fingerprint density at radius 3 is 3.00 bits per heavy atom. The van der Waals surface area contributed by atoms with Gasteiger partial charge in [-0.25, -0.2) is 9.07 Å². The Morgan fingerprint density at radius 1 is 1.75 bits per heavy atom. The summed E-state index contributed by atoms with van der Waals surface area (Å²) in [6, 6.07) is 0. The molecule has 12 heavy (non-hydrogen) atoms.